The Hall–Kier alpha value is -0.830. The van der Waals surface area contributed by atoms with Gasteiger partial charge in [-0.3, -0.25) is 0 Å². The summed E-state index contributed by atoms with van der Waals surface area (Å²) in [5, 5.41) is 3.66. The molecule has 0 unspecified atom stereocenters. The Bertz CT molecular complexity index is 298. The summed E-state index contributed by atoms with van der Waals surface area (Å²) in [5.74, 6) is 1.17. The van der Waals surface area contributed by atoms with Crippen LogP contribution in [0, 0.1) is 0 Å². The van der Waals surface area contributed by atoms with Crippen molar-refractivity contribution in [1.29, 1.82) is 0 Å². The lowest BCUT2D eigenvalue weighted by molar-refractivity contribution is 0.446. The maximum atomic E-state index is 4.40. The summed E-state index contributed by atoms with van der Waals surface area (Å²) in [4.78, 5) is 4.40. The van der Waals surface area contributed by atoms with Gasteiger partial charge in [0.15, 0.2) is 0 Å². The van der Waals surface area contributed by atoms with E-state index in [4.69, 9.17) is 0 Å². The smallest absolute Gasteiger partial charge is 0.122 e. The Morgan fingerprint density at radius 1 is 1.31 bits per heavy atom. The molecule has 1 aromatic heterocycles. The van der Waals surface area contributed by atoms with E-state index in [9.17, 15) is 0 Å². The van der Waals surface area contributed by atoms with Gasteiger partial charge in [0.1, 0.15) is 5.82 Å². The number of aryl methyl sites for hydroxylation is 1. The van der Waals surface area contributed by atoms with Gasteiger partial charge >= 0.3 is 0 Å². The predicted octanol–water partition coefficient (Wildman–Crippen LogP) is 2.72. The SMILES string of the molecule is CCn1ccnc1CNC1CCCCCC1. The molecular weight excluding hydrogens is 198 g/mol. The second-order valence-electron chi connectivity index (χ2n) is 4.70. The van der Waals surface area contributed by atoms with Crippen LogP contribution in [0.4, 0.5) is 0 Å². The van der Waals surface area contributed by atoms with Gasteiger partial charge < -0.3 is 9.88 Å². The molecule has 0 spiro atoms. The standard InChI is InChI=1S/C13H23N3/c1-2-16-10-9-14-13(16)11-15-12-7-5-3-4-6-8-12/h9-10,12,15H,2-8,11H2,1H3. The van der Waals surface area contributed by atoms with Crippen molar-refractivity contribution in [2.75, 3.05) is 0 Å². The molecule has 3 nitrogen and oxygen atoms in total. The van der Waals surface area contributed by atoms with Crippen molar-refractivity contribution < 1.29 is 0 Å². The van der Waals surface area contributed by atoms with Gasteiger partial charge in [-0.1, -0.05) is 25.7 Å². The Morgan fingerprint density at radius 2 is 2.06 bits per heavy atom. The van der Waals surface area contributed by atoms with Crippen LogP contribution < -0.4 is 5.32 Å². The molecule has 0 radical (unpaired) electrons. The Morgan fingerprint density at radius 3 is 2.75 bits per heavy atom. The summed E-state index contributed by atoms with van der Waals surface area (Å²) < 4.78 is 2.21. The van der Waals surface area contributed by atoms with Crippen LogP contribution in [-0.2, 0) is 13.1 Å². The highest BCUT2D eigenvalue weighted by atomic mass is 15.1. The van der Waals surface area contributed by atoms with Crippen LogP contribution >= 0.6 is 0 Å². The van der Waals surface area contributed by atoms with E-state index in [0.717, 1.165) is 13.1 Å². The van der Waals surface area contributed by atoms with E-state index in [0.29, 0.717) is 6.04 Å². The van der Waals surface area contributed by atoms with Crippen LogP contribution in [0.5, 0.6) is 0 Å². The highest BCUT2D eigenvalue weighted by Crippen LogP contribution is 2.17. The monoisotopic (exact) mass is 221 g/mol. The molecule has 3 heteroatoms. The molecule has 0 atom stereocenters. The molecule has 0 aliphatic heterocycles. The fourth-order valence-electron chi connectivity index (χ4n) is 2.51. The first kappa shape index (κ1) is 11.6. The summed E-state index contributed by atoms with van der Waals surface area (Å²) in [6, 6.07) is 0.713. The number of aromatic nitrogens is 2. The minimum absolute atomic E-state index is 0.713. The zero-order valence-corrected chi connectivity index (χ0v) is 10.3. The average molecular weight is 221 g/mol. The molecule has 1 fully saturated rings. The first-order valence-corrected chi connectivity index (χ1v) is 6.63. The van der Waals surface area contributed by atoms with E-state index >= 15 is 0 Å². The minimum atomic E-state index is 0.713. The molecule has 1 aliphatic rings. The molecule has 0 bridgehead atoms. The highest BCUT2D eigenvalue weighted by molar-refractivity contribution is 4.92. The van der Waals surface area contributed by atoms with Crippen LogP contribution in [0.2, 0.25) is 0 Å². The third-order valence-corrected chi connectivity index (χ3v) is 3.55. The molecular formula is C13H23N3. The van der Waals surface area contributed by atoms with Crippen LogP contribution in [0.15, 0.2) is 12.4 Å². The molecule has 0 amide bonds. The molecule has 90 valence electrons. The van der Waals surface area contributed by atoms with E-state index in [2.05, 4.69) is 28.0 Å². The van der Waals surface area contributed by atoms with E-state index in [-0.39, 0.29) is 0 Å². The van der Waals surface area contributed by atoms with Crippen LogP contribution in [0.25, 0.3) is 0 Å². The number of hydrogen-bond donors (Lipinski definition) is 1. The van der Waals surface area contributed by atoms with Gasteiger partial charge in [0, 0.05) is 25.0 Å². The van der Waals surface area contributed by atoms with Crippen LogP contribution in [0.1, 0.15) is 51.3 Å². The lowest BCUT2D eigenvalue weighted by Gasteiger charge is -2.16. The summed E-state index contributed by atoms with van der Waals surface area (Å²) in [7, 11) is 0. The molecule has 1 N–H and O–H groups in total. The second-order valence-corrected chi connectivity index (χ2v) is 4.70. The largest absolute Gasteiger partial charge is 0.334 e. The van der Waals surface area contributed by atoms with Gasteiger partial charge in [0.25, 0.3) is 0 Å². The van der Waals surface area contributed by atoms with Crippen molar-refractivity contribution in [3.05, 3.63) is 18.2 Å². The summed E-state index contributed by atoms with van der Waals surface area (Å²) in [6.07, 6.45) is 12.3. The summed E-state index contributed by atoms with van der Waals surface area (Å²) >= 11 is 0. The molecule has 1 aromatic rings. The van der Waals surface area contributed by atoms with Gasteiger partial charge in [-0.15, -0.1) is 0 Å². The highest BCUT2D eigenvalue weighted by Gasteiger charge is 2.12. The molecule has 2 rings (SSSR count). The van der Waals surface area contributed by atoms with Crippen molar-refractivity contribution >= 4 is 0 Å². The van der Waals surface area contributed by atoms with Gasteiger partial charge in [0.05, 0.1) is 6.54 Å². The van der Waals surface area contributed by atoms with Gasteiger partial charge in [-0.2, -0.15) is 0 Å². The quantitative estimate of drug-likeness (QED) is 0.792. The first-order chi connectivity index (χ1) is 7.90. The Kier molecular flexibility index (Phi) is 4.40. The summed E-state index contributed by atoms with van der Waals surface area (Å²) in [6.45, 7) is 4.10. The number of imidazole rings is 1. The molecule has 1 aliphatic carbocycles. The number of rotatable bonds is 4. The third kappa shape index (κ3) is 3.08. The fraction of sp³-hybridized carbons (Fsp3) is 0.769. The van der Waals surface area contributed by atoms with Crippen molar-refractivity contribution in [3.63, 3.8) is 0 Å². The van der Waals surface area contributed by atoms with E-state index in [1.54, 1.807) is 0 Å². The molecule has 16 heavy (non-hydrogen) atoms. The average Bonchev–Trinajstić information content (AvgIpc) is 2.60. The third-order valence-electron chi connectivity index (χ3n) is 3.55. The van der Waals surface area contributed by atoms with Crippen LogP contribution in [-0.4, -0.2) is 15.6 Å². The van der Waals surface area contributed by atoms with E-state index in [1.807, 2.05) is 6.20 Å². The second kappa shape index (κ2) is 6.04. The lowest BCUT2D eigenvalue weighted by atomic mass is 10.1. The van der Waals surface area contributed by atoms with Crippen molar-refractivity contribution in [1.82, 2.24) is 14.9 Å². The number of hydrogen-bond acceptors (Lipinski definition) is 2. The molecule has 1 saturated carbocycles. The van der Waals surface area contributed by atoms with Crippen molar-refractivity contribution in [2.45, 2.75) is 64.6 Å². The van der Waals surface area contributed by atoms with Gasteiger partial charge in [0.2, 0.25) is 0 Å². The van der Waals surface area contributed by atoms with E-state index in [1.165, 1.54) is 44.3 Å². The molecule has 1 heterocycles. The number of nitrogens with one attached hydrogen (secondary N) is 1. The number of nitrogens with zero attached hydrogens (tertiary/aromatic N) is 2. The summed E-state index contributed by atoms with van der Waals surface area (Å²) in [5.41, 5.74) is 0. The normalized spacial score (nSPS) is 18.6. The molecule has 0 aromatic carbocycles. The van der Waals surface area contributed by atoms with Crippen molar-refractivity contribution in [2.24, 2.45) is 0 Å². The minimum Gasteiger partial charge on any atom is -0.334 e. The zero-order valence-electron chi connectivity index (χ0n) is 10.3. The van der Waals surface area contributed by atoms with Gasteiger partial charge in [-0.05, 0) is 19.8 Å². The lowest BCUT2D eigenvalue weighted by Crippen LogP contribution is -2.29. The zero-order chi connectivity index (χ0) is 11.2. The van der Waals surface area contributed by atoms with Crippen LogP contribution in [0.3, 0.4) is 0 Å². The maximum absolute atomic E-state index is 4.40. The Labute approximate surface area is 98.3 Å². The van der Waals surface area contributed by atoms with Gasteiger partial charge in [-0.25, -0.2) is 4.98 Å². The molecule has 0 saturated heterocycles. The topological polar surface area (TPSA) is 29.9 Å². The first-order valence-electron chi connectivity index (χ1n) is 6.63. The fourth-order valence-corrected chi connectivity index (χ4v) is 2.51. The van der Waals surface area contributed by atoms with E-state index < -0.39 is 0 Å². The maximum Gasteiger partial charge on any atom is 0.122 e. The predicted molar refractivity (Wildman–Crippen MR) is 66.2 cm³/mol. The Balaban J connectivity index is 1.81. The van der Waals surface area contributed by atoms with Crippen molar-refractivity contribution in [3.8, 4) is 0 Å².